The SMILES string of the molecule is CCC(C)Cn1nc(C)c(C(C)Cl)c1C. The summed E-state index contributed by atoms with van der Waals surface area (Å²) >= 11 is 6.14. The Kier molecular flexibility index (Phi) is 4.21. The molecular weight excluding hydrogens is 208 g/mol. The van der Waals surface area contributed by atoms with Crippen molar-refractivity contribution in [1.82, 2.24) is 9.78 Å². The number of rotatable bonds is 4. The zero-order valence-electron chi connectivity index (χ0n) is 10.3. The van der Waals surface area contributed by atoms with E-state index in [1.54, 1.807) is 0 Å². The van der Waals surface area contributed by atoms with Gasteiger partial charge in [0.25, 0.3) is 0 Å². The van der Waals surface area contributed by atoms with Gasteiger partial charge in [0.2, 0.25) is 0 Å². The van der Waals surface area contributed by atoms with Crippen molar-refractivity contribution in [3.05, 3.63) is 17.0 Å². The molecule has 2 nitrogen and oxygen atoms in total. The van der Waals surface area contributed by atoms with Crippen LogP contribution in [-0.4, -0.2) is 9.78 Å². The van der Waals surface area contributed by atoms with Crippen molar-refractivity contribution in [2.75, 3.05) is 0 Å². The molecule has 0 saturated heterocycles. The number of hydrogen-bond acceptors (Lipinski definition) is 1. The fraction of sp³-hybridized carbons (Fsp3) is 0.750. The van der Waals surface area contributed by atoms with E-state index in [4.69, 9.17) is 11.6 Å². The van der Waals surface area contributed by atoms with Gasteiger partial charge < -0.3 is 0 Å². The lowest BCUT2D eigenvalue weighted by molar-refractivity contribution is 0.431. The van der Waals surface area contributed by atoms with Gasteiger partial charge in [-0.05, 0) is 26.7 Å². The van der Waals surface area contributed by atoms with Crippen molar-refractivity contribution < 1.29 is 0 Å². The van der Waals surface area contributed by atoms with Crippen molar-refractivity contribution in [2.45, 2.75) is 53.0 Å². The highest BCUT2D eigenvalue weighted by Crippen LogP contribution is 2.26. The minimum atomic E-state index is 0.0516. The normalized spacial score (nSPS) is 15.3. The van der Waals surface area contributed by atoms with E-state index in [2.05, 4.69) is 30.6 Å². The molecule has 0 amide bonds. The van der Waals surface area contributed by atoms with Crippen molar-refractivity contribution in [3.8, 4) is 0 Å². The van der Waals surface area contributed by atoms with Crippen LogP contribution in [0.3, 0.4) is 0 Å². The second-order valence-corrected chi connectivity index (χ2v) is 5.05. The smallest absolute Gasteiger partial charge is 0.0643 e. The van der Waals surface area contributed by atoms with E-state index in [0.717, 1.165) is 12.2 Å². The number of hydrogen-bond donors (Lipinski definition) is 0. The summed E-state index contributed by atoms with van der Waals surface area (Å²) in [6, 6.07) is 0. The lowest BCUT2D eigenvalue weighted by Crippen LogP contribution is -2.10. The monoisotopic (exact) mass is 228 g/mol. The van der Waals surface area contributed by atoms with Crippen molar-refractivity contribution in [2.24, 2.45) is 5.92 Å². The summed E-state index contributed by atoms with van der Waals surface area (Å²) < 4.78 is 2.09. The molecule has 86 valence electrons. The van der Waals surface area contributed by atoms with Gasteiger partial charge in [0.15, 0.2) is 0 Å². The van der Waals surface area contributed by atoms with Crippen LogP contribution in [0.2, 0.25) is 0 Å². The van der Waals surface area contributed by atoms with E-state index in [9.17, 15) is 0 Å². The number of aryl methyl sites for hydroxylation is 1. The average Bonchev–Trinajstić information content (AvgIpc) is 2.41. The highest BCUT2D eigenvalue weighted by atomic mass is 35.5. The predicted molar refractivity (Wildman–Crippen MR) is 65.4 cm³/mol. The molecule has 15 heavy (non-hydrogen) atoms. The van der Waals surface area contributed by atoms with Crippen LogP contribution in [0.25, 0.3) is 0 Å². The lowest BCUT2D eigenvalue weighted by atomic mass is 10.1. The van der Waals surface area contributed by atoms with Crippen LogP contribution in [0.4, 0.5) is 0 Å². The van der Waals surface area contributed by atoms with Gasteiger partial charge in [-0.1, -0.05) is 20.3 Å². The Morgan fingerprint density at radius 2 is 1.93 bits per heavy atom. The quantitative estimate of drug-likeness (QED) is 0.716. The van der Waals surface area contributed by atoms with Gasteiger partial charge in [0.05, 0.1) is 11.1 Å². The topological polar surface area (TPSA) is 17.8 Å². The van der Waals surface area contributed by atoms with Gasteiger partial charge in [0, 0.05) is 17.8 Å². The van der Waals surface area contributed by atoms with Crippen molar-refractivity contribution in [1.29, 1.82) is 0 Å². The van der Waals surface area contributed by atoms with E-state index >= 15 is 0 Å². The molecule has 1 aromatic rings. The minimum Gasteiger partial charge on any atom is -0.269 e. The molecule has 1 heterocycles. The van der Waals surface area contributed by atoms with Crippen molar-refractivity contribution >= 4 is 11.6 Å². The van der Waals surface area contributed by atoms with Crippen LogP contribution in [-0.2, 0) is 6.54 Å². The number of alkyl halides is 1. The van der Waals surface area contributed by atoms with E-state index in [0.29, 0.717) is 5.92 Å². The molecule has 0 aliphatic rings. The molecule has 2 unspecified atom stereocenters. The Morgan fingerprint density at radius 1 is 1.33 bits per heavy atom. The zero-order valence-corrected chi connectivity index (χ0v) is 11.1. The number of halogens is 1. The zero-order chi connectivity index (χ0) is 11.6. The number of nitrogens with zero attached hydrogens (tertiary/aromatic N) is 2. The van der Waals surface area contributed by atoms with Crippen LogP contribution in [0.1, 0.15) is 49.5 Å². The molecule has 2 atom stereocenters. The first-order valence-corrected chi connectivity index (χ1v) is 6.09. The molecule has 1 aromatic heterocycles. The van der Waals surface area contributed by atoms with Gasteiger partial charge in [0.1, 0.15) is 0 Å². The molecule has 0 bridgehead atoms. The van der Waals surface area contributed by atoms with Gasteiger partial charge in [-0.2, -0.15) is 5.10 Å². The van der Waals surface area contributed by atoms with Crippen molar-refractivity contribution in [3.63, 3.8) is 0 Å². The van der Waals surface area contributed by atoms with Crippen LogP contribution in [0.5, 0.6) is 0 Å². The largest absolute Gasteiger partial charge is 0.269 e. The molecule has 0 spiro atoms. The van der Waals surface area contributed by atoms with E-state index in [1.807, 2.05) is 13.8 Å². The second kappa shape index (κ2) is 5.02. The molecular formula is C12H21ClN2. The Labute approximate surface area is 97.6 Å². The molecule has 0 aliphatic heterocycles. The maximum atomic E-state index is 6.14. The molecule has 0 saturated carbocycles. The van der Waals surface area contributed by atoms with Gasteiger partial charge in [-0.25, -0.2) is 0 Å². The first kappa shape index (κ1) is 12.6. The fourth-order valence-electron chi connectivity index (χ4n) is 1.89. The standard InChI is InChI=1S/C12H21ClN2/c1-6-8(2)7-15-11(5)12(9(3)13)10(4)14-15/h8-9H,6-7H2,1-5H3. The summed E-state index contributed by atoms with van der Waals surface area (Å²) in [5.74, 6) is 0.668. The molecule has 0 aliphatic carbocycles. The minimum absolute atomic E-state index is 0.0516. The summed E-state index contributed by atoms with van der Waals surface area (Å²) in [4.78, 5) is 0. The highest BCUT2D eigenvalue weighted by Gasteiger charge is 2.16. The predicted octanol–water partition coefficient (Wildman–Crippen LogP) is 3.85. The summed E-state index contributed by atoms with van der Waals surface area (Å²) in [6.07, 6.45) is 1.18. The summed E-state index contributed by atoms with van der Waals surface area (Å²) in [5, 5.41) is 4.60. The van der Waals surface area contributed by atoms with Crippen LogP contribution in [0, 0.1) is 19.8 Å². The van der Waals surface area contributed by atoms with Gasteiger partial charge in [-0.15, -0.1) is 11.6 Å². The first-order chi connectivity index (χ1) is 6.97. The molecule has 0 radical (unpaired) electrons. The maximum Gasteiger partial charge on any atom is 0.0643 e. The van der Waals surface area contributed by atoms with Gasteiger partial charge >= 0.3 is 0 Å². The van der Waals surface area contributed by atoms with Crippen LogP contribution in [0.15, 0.2) is 0 Å². The second-order valence-electron chi connectivity index (χ2n) is 4.40. The van der Waals surface area contributed by atoms with E-state index in [-0.39, 0.29) is 5.38 Å². The lowest BCUT2D eigenvalue weighted by Gasteiger charge is -2.11. The maximum absolute atomic E-state index is 6.14. The third kappa shape index (κ3) is 2.75. The summed E-state index contributed by atoms with van der Waals surface area (Å²) in [7, 11) is 0. The highest BCUT2D eigenvalue weighted by molar-refractivity contribution is 6.20. The third-order valence-corrected chi connectivity index (χ3v) is 3.23. The third-order valence-electron chi connectivity index (χ3n) is 3.02. The van der Waals surface area contributed by atoms with Gasteiger partial charge in [-0.3, -0.25) is 4.68 Å². The number of aromatic nitrogens is 2. The molecule has 3 heteroatoms. The molecule has 0 N–H and O–H groups in total. The van der Waals surface area contributed by atoms with E-state index < -0.39 is 0 Å². The molecule has 0 fully saturated rings. The Hall–Kier alpha value is -0.500. The summed E-state index contributed by atoms with van der Waals surface area (Å²) in [5.41, 5.74) is 3.48. The molecule has 0 aromatic carbocycles. The molecule has 1 rings (SSSR count). The van der Waals surface area contributed by atoms with E-state index in [1.165, 1.54) is 17.7 Å². The first-order valence-electron chi connectivity index (χ1n) is 5.65. The fourth-order valence-corrected chi connectivity index (χ4v) is 2.20. The average molecular weight is 229 g/mol. The van der Waals surface area contributed by atoms with Crippen LogP contribution >= 0.6 is 11.6 Å². The summed E-state index contributed by atoms with van der Waals surface area (Å²) in [6.45, 7) is 11.6. The Bertz CT molecular complexity index is 329. The Balaban J connectivity index is 2.96. The van der Waals surface area contributed by atoms with Crippen LogP contribution < -0.4 is 0 Å². The Morgan fingerprint density at radius 3 is 2.33 bits per heavy atom.